The summed E-state index contributed by atoms with van der Waals surface area (Å²) in [6.45, 7) is 8.35. The molecule has 2 aromatic heterocycles. The second kappa shape index (κ2) is 7.50. The fraction of sp³-hybridized carbons (Fsp3) is 0.550. The van der Waals surface area contributed by atoms with Crippen LogP contribution in [0.3, 0.4) is 0 Å². The molecule has 2 aromatic rings. The van der Waals surface area contributed by atoms with Crippen LogP contribution in [-0.4, -0.2) is 52.5 Å². The molecule has 2 aliphatic heterocycles. The van der Waals surface area contributed by atoms with Crippen LogP contribution in [0.25, 0.3) is 0 Å². The van der Waals surface area contributed by atoms with Crippen molar-refractivity contribution in [3.63, 3.8) is 0 Å². The number of anilines is 1. The van der Waals surface area contributed by atoms with Gasteiger partial charge >= 0.3 is 0 Å². The first-order valence-corrected chi connectivity index (χ1v) is 9.47. The third-order valence-electron chi connectivity index (χ3n) is 5.06. The molecule has 2 saturated heterocycles. The van der Waals surface area contributed by atoms with E-state index < -0.39 is 0 Å². The SMILES string of the molecule is CC(C)(C)c1ccnc(NC2COC3C(NCc4ccccn4)COC23)n1. The summed E-state index contributed by atoms with van der Waals surface area (Å²) < 4.78 is 12.1. The van der Waals surface area contributed by atoms with E-state index >= 15 is 0 Å². The van der Waals surface area contributed by atoms with Gasteiger partial charge in [-0.25, -0.2) is 9.97 Å². The molecular formula is C20H27N5O2. The smallest absolute Gasteiger partial charge is 0.223 e. The fourth-order valence-corrected chi connectivity index (χ4v) is 3.55. The Balaban J connectivity index is 1.36. The monoisotopic (exact) mass is 369 g/mol. The zero-order valence-electron chi connectivity index (χ0n) is 16.1. The number of hydrogen-bond acceptors (Lipinski definition) is 7. The van der Waals surface area contributed by atoms with Gasteiger partial charge in [-0.15, -0.1) is 0 Å². The van der Waals surface area contributed by atoms with Crippen molar-refractivity contribution in [1.82, 2.24) is 20.3 Å². The second-order valence-corrected chi connectivity index (χ2v) is 8.17. The molecule has 7 nitrogen and oxygen atoms in total. The summed E-state index contributed by atoms with van der Waals surface area (Å²) in [6.07, 6.45) is 3.63. The summed E-state index contributed by atoms with van der Waals surface area (Å²) in [7, 11) is 0. The Bertz CT molecular complexity index is 764. The first kappa shape index (κ1) is 18.3. The molecule has 2 fully saturated rings. The number of rotatable bonds is 5. The van der Waals surface area contributed by atoms with E-state index in [1.165, 1.54) is 0 Å². The fourth-order valence-electron chi connectivity index (χ4n) is 3.55. The van der Waals surface area contributed by atoms with Gasteiger partial charge in [0.25, 0.3) is 0 Å². The first-order chi connectivity index (χ1) is 13.0. The standard InChI is InChI=1S/C20H27N5O2/c1-20(2,3)16-7-9-22-19(25-16)24-15-12-27-17-14(11-26-18(15)17)23-10-13-6-4-5-8-21-13/h4-9,14-15,17-18,23H,10-12H2,1-3H3,(H,22,24,25). The molecule has 7 heteroatoms. The number of aromatic nitrogens is 3. The maximum Gasteiger partial charge on any atom is 0.223 e. The quantitative estimate of drug-likeness (QED) is 0.833. The van der Waals surface area contributed by atoms with Crippen LogP contribution in [-0.2, 0) is 21.4 Å². The van der Waals surface area contributed by atoms with Gasteiger partial charge in [-0.2, -0.15) is 0 Å². The highest BCUT2D eigenvalue weighted by Gasteiger charge is 2.47. The molecule has 0 spiro atoms. The van der Waals surface area contributed by atoms with Crippen molar-refractivity contribution in [2.45, 2.75) is 57.0 Å². The van der Waals surface area contributed by atoms with Gasteiger partial charge in [0.1, 0.15) is 12.2 Å². The number of pyridine rings is 1. The number of fused-ring (bicyclic) bond motifs is 1. The molecule has 4 unspecified atom stereocenters. The van der Waals surface area contributed by atoms with Gasteiger partial charge in [-0.3, -0.25) is 4.98 Å². The third kappa shape index (κ3) is 4.10. The molecule has 27 heavy (non-hydrogen) atoms. The van der Waals surface area contributed by atoms with Gasteiger partial charge < -0.3 is 20.1 Å². The Labute approximate surface area is 159 Å². The van der Waals surface area contributed by atoms with E-state index in [-0.39, 0.29) is 29.7 Å². The normalized spacial score (nSPS) is 27.5. The molecule has 0 aromatic carbocycles. The van der Waals surface area contributed by atoms with Gasteiger partial charge in [0, 0.05) is 24.4 Å². The highest BCUT2D eigenvalue weighted by Crippen LogP contribution is 2.29. The third-order valence-corrected chi connectivity index (χ3v) is 5.06. The highest BCUT2D eigenvalue weighted by atomic mass is 16.6. The zero-order valence-corrected chi connectivity index (χ0v) is 16.1. The van der Waals surface area contributed by atoms with Crippen LogP contribution in [0.4, 0.5) is 5.95 Å². The van der Waals surface area contributed by atoms with Gasteiger partial charge in [-0.1, -0.05) is 26.8 Å². The minimum absolute atomic E-state index is 0.00637. The average Bonchev–Trinajstić information content (AvgIpc) is 3.24. The van der Waals surface area contributed by atoms with Crippen LogP contribution in [0.2, 0.25) is 0 Å². The number of hydrogen-bond donors (Lipinski definition) is 2. The molecule has 4 atom stereocenters. The van der Waals surface area contributed by atoms with Crippen molar-refractivity contribution in [1.29, 1.82) is 0 Å². The Kier molecular flexibility index (Phi) is 5.08. The van der Waals surface area contributed by atoms with Crippen molar-refractivity contribution in [3.8, 4) is 0 Å². The maximum absolute atomic E-state index is 6.03. The Morgan fingerprint density at radius 1 is 1.00 bits per heavy atom. The lowest BCUT2D eigenvalue weighted by Crippen LogP contribution is -2.42. The summed E-state index contributed by atoms with van der Waals surface area (Å²) in [5.74, 6) is 0.630. The van der Waals surface area contributed by atoms with E-state index in [4.69, 9.17) is 9.47 Å². The Hall–Kier alpha value is -2.09. The van der Waals surface area contributed by atoms with E-state index in [1.54, 1.807) is 6.20 Å². The summed E-state index contributed by atoms with van der Waals surface area (Å²) in [5.41, 5.74) is 2.01. The number of nitrogens with one attached hydrogen (secondary N) is 2. The van der Waals surface area contributed by atoms with Gasteiger partial charge in [0.05, 0.1) is 36.7 Å². The minimum Gasteiger partial charge on any atom is -0.371 e. The molecule has 0 aliphatic carbocycles. The largest absolute Gasteiger partial charge is 0.371 e. The van der Waals surface area contributed by atoms with E-state index in [9.17, 15) is 0 Å². The minimum atomic E-state index is -0.0154. The Morgan fingerprint density at radius 2 is 1.78 bits per heavy atom. The molecular weight excluding hydrogens is 342 g/mol. The summed E-state index contributed by atoms with van der Waals surface area (Å²) in [6, 6.07) is 8.10. The van der Waals surface area contributed by atoms with Crippen molar-refractivity contribution in [3.05, 3.63) is 48.0 Å². The maximum atomic E-state index is 6.03. The van der Waals surface area contributed by atoms with Crippen molar-refractivity contribution in [2.75, 3.05) is 18.5 Å². The van der Waals surface area contributed by atoms with Crippen LogP contribution in [0.1, 0.15) is 32.2 Å². The molecule has 2 aliphatic rings. The van der Waals surface area contributed by atoms with Crippen LogP contribution in [0.5, 0.6) is 0 Å². The summed E-state index contributed by atoms with van der Waals surface area (Å²) in [5, 5.41) is 6.92. The predicted molar refractivity (Wildman–Crippen MR) is 102 cm³/mol. The molecule has 0 saturated carbocycles. The van der Waals surface area contributed by atoms with Crippen LogP contribution in [0.15, 0.2) is 36.7 Å². The van der Waals surface area contributed by atoms with E-state index in [0.717, 1.165) is 11.4 Å². The summed E-state index contributed by atoms with van der Waals surface area (Å²) in [4.78, 5) is 13.4. The lowest BCUT2D eigenvalue weighted by atomic mass is 9.92. The van der Waals surface area contributed by atoms with Crippen molar-refractivity contribution in [2.24, 2.45) is 0 Å². The molecule has 144 valence electrons. The Morgan fingerprint density at radius 3 is 2.52 bits per heavy atom. The van der Waals surface area contributed by atoms with Gasteiger partial charge in [0.15, 0.2) is 0 Å². The molecule has 4 rings (SSSR count). The number of ether oxygens (including phenoxy) is 2. The van der Waals surface area contributed by atoms with Crippen LogP contribution < -0.4 is 10.6 Å². The van der Waals surface area contributed by atoms with Gasteiger partial charge in [-0.05, 0) is 18.2 Å². The topological polar surface area (TPSA) is 81.2 Å². The molecule has 2 N–H and O–H groups in total. The lowest BCUT2D eigenvalue weighted by molar-refractivity contribution is 0.0674. The first-order valence-electron chi connectivity index (χ1n) is 9.47. The van der Waals surface area contributed by atoms with Crippen LogP contribution in [0, 0.1) is 0 Å². The zero-order chi connectivity index (χ0) is 18.9. The van der Waals surface area contributed by atoms with Crippen molar-refractivity contribution < 1.29 is 9.47 Å². The van der Waals surface area contributed by atoms with E-state index in [1.807, 2.05) is 30.5 Å². The lowest BCUT2D eigenvalue weighted by Gasteiger charge is -2.21. The highest BCUT2D eigenvalue weighted by molar-refractivity contribution is 5.30. The predicted octanol–water partition coefficient (Wildman–Crippen LogP) is 1.91. The van der Waals surface area contributed by atoms with E-state index in [0.29, 0.717) is 25.7 Å². The summed E-state index contributed by atoms with van der Waals surface area (Å²) >= 11 is 0. The second-order valence-electron chi connectivity index (χ2n) is 8.17. The molecule has 0 bridgehead atoms. The molecule has 4 heterocycles. The average molecular weight is 369 g/mol. The number of nitrogens with zero attached hydrogens (tertiary/aromatic N) is 3. The van der Waals surface area contributed by atoms with E-state index in [2.05, 4.69) is 46.4 Å². The van der Waals surface area contributed by atoms with Crippen molar-refractivity contribution >= 4 is 5.95 Å². The van der Waals surface area contributed by atoms with Gasteiger partial charge in [0.2, 0.25) is 5.95 Å². The molecule has 0 radical (unpaired) electrons. The van der Waals surface area contributed by atoms with Crippen LogP contribution >= 0.6 is 0 Å². The molecule has 0 amide bonds.